The Kier molecular flexibility index (Phi) is 9.52. The topological polar surface area (TPSA) is 113 Å². The van der Waals surface area contributed by atoms with Gasteiger partial charge in [0.2, 0.25) is 5.95 Å². The average Bonchev–Trinajstić information content (AvgIpc) is 3.33. The number of anilines is 3. The molecule has 4 fully saturated rings. The van der Waals surface area contributed by atoms with Gasteiger partial charge in [-0.05, 0) is 95.5 Å². The summed E-state index contributed by atoms with van der Waals surface area (Å²) in [6.07, 6.45) is 6.08. The molecule has 0 radical (unpaired) electrons. The van der Waals surface area contributed by atoms with Crippen LogP contribution in [0.15, 0.2) is 17.7 Å². The highest BCUT2D eigenvalue weighted by molar-refractivity contribution is 5.92. The van der Waals surface area contributed by atoms with Gasteiger partial charge >= 0.3 is 0 Å². The van der Waals surface area contributed by atoms with E-state index in [1.165, 1.54) is 5.57 Å². The van der Waals surface area contributed by atoms with Crippen molar-refractivity contribution in [1.29, 1.82) is 0 Å². The first-order valence-corrected chi connectivity index (χ1v) is 18.5. The van der Waals surface area contributed by atoms with Gasteiger partial charge in [0.05, 0.1) is 12.6 Å². The molecule has 1 aliphatic heterocycles. The largest absolute Gasteiger partial charge is 0.393 e. The summed E-state index contributed by atoms with van der Waals surface area (Å²) in [5, 5.41) is 24.1. The van der Waals surface area contributed by atoms with Gasteiger partial charge in [-0.2, -0.15) is 9.97 Å². The van der Waals surface area contributed by atoms with Crippen LogP contribution in [0.1, 0.15) is 86.5 Å². The number of aliphatic hydroxyl groups excluding tert-OH is 1. The molecule has 6 rings (SSSR count). The number of ketones is 2. The number of aliphatic hydroxyl groups is 2. The van der Waals surface area contributed by atoms with Gasteiger partial charge in [0.25, 0.3) is 0 Å². The molecule has 2 N–H and O–H groups in total. The van der Waals surface area contributed by atoms with Crippen molar-refractivity contribution in [2.24, 2.45) is 28.6 Å². The number of allylic oxidation sites excluding steroid dienone is 1. The molecular weight excluding hydrogens is 592 g/mol. The van der Waals surface area contributed by atoms with E-state index in [-0.39, 0.29) is 41.3 Å². The third-order valence-corrected chi connectivity index (χ3v) is 13.4. The van der Waals surface area contributed by atoms with Crippen molar-refractivity contribution in [2.75, 3.05) is 73.6 Å². The first kappa shape index (κ1) is 34.3. The molecule has 1 unspecified atom stereocenters. The van der Waals surface area contributed by atoms with Gasteiger partial charge in [-0.25, -0.2) is 0 Å². The predicted octanol–water partition coefficient (Wildman–Crippen LogP) is 4.09. The summed E-state index contributed by atoms with van der Waals surface area (Å²) in [7, 11) is 0. The number of carbonyl (C=O) groups is 2. The molecular formula is C37H58N6O4. The van der Waals surface area contributed by atoms with E-state index in [4.69, 9.17) is 9.97 Å². The van der Waals surface area contributed by atoms with E-state index < -0.39 is 17.1 Å². The molecule has 260 valence electrons. The van der Waals surface area contributed by atoms with E-state index in [9.17, 15) is 19.8 Å². The maximum atomic E-state index is 14.1. The summed E-state index contributed by atoms with van der Waals surface area (Å²) in [5.74, 6) is 3.25. The summed E-state index contributed by atoms with van der Waals surface area (Å²) >= 11 is 0. The van der Waals surface area contributed by atoms with Crippen LogP contribution < -0.4 is 14.7 Å². The van der Waals surface area contributed by atoms with Crippen LogP contribution in [0.4, 0.5) is 17.6 Å². The van der Waals surface area contributed by atoms with Crippen molar-refractivity contribution in [2.45, 2.75) is 98.2 Å². The number of aromatic nitrogens is 2. The number of rotatable bonds is 10. The molecule has 10 nitrogen and oxygen atoms in total. The van der Waals surface area contributed by atoms with Crippen molar-refractivity contribution in [3.05, 3.63) is 17.7 Å². The lowest BCUT2D eigenvalue weighted by Crippen LogP contribution is -2.63. The van der Waals surface area contributed by atoms with Crippen LogP contribution in [0.3, 0.4) is 0 Å². The molecule has 47 heavy (non-hydrogen) atoms. The Morgan fingerprint density at radius 2 is 1.64 bits per heavy atom. The van der Waals surface area contributed by atoms with Crippen molar-refractivity contribution in [3.63, 3.8) is 0 Å². The van der Waals surface area contributed by atoms with Gasteiger partial charge in [0.15, 0.2) is 11.6 Å². The second kappa shape index (κ2) is 13.0. The highest BCUT2D eigenvalue weighted by atomic mass is 16.3. The summed E-state index contributed by atoms with van der Waals surface area (Å²) in [4.78, 5) is 45.2. The third-order valence-electron chi connectivity index (χ3n) is 13.4. The highest BCUT2D eigenvalue weighted by Crippen LogP contribution is 2.67. The molecule has 4 aliphatic carbocycles. The standard InChI is InChI=1S/C37H58N6O4/c1-7-41(8-2)31-22-32(39-34(38-31)42(9-3)10-4)43-19-17-40(18-20-43)24-30(46)37(47)16-14-28-27-12-11-25-21-26(44)13-15-35(25,5)33(27)29(45)23-36(28,37)6/h21-22,27-29,33,45,47H,7-20,23-24H2,1-6H3/t27-,28-,29?,33+,35-,36-,37-/m0/s1. The zero-order chi connectivity index (χ0) is 33.7. The second-order valence-corrected chi connectivity index (χ2v) is 15.4. The monoisotopic (exact) mass is 650 g/mol. The van der Waals surface area contributed by atoms with Gasteiger partial charge in [0, 0.05) is 70.3 Å². The van der Waals surface area contributed by atoms with Crippen LogP contribution in [0.25, 0.3) is 0 Å². The Bertz CT molecular complexity index is 1340. The smallest absolute Gasteiger partial charge is 0.229 e. The zero-order valence-corrected chi connectivity index (χ0v) is 29.7. The van der Waals surface area contributed by atoms with E-state index in [1.807, 2.05) is 6.08 Å². The second-order valence-electron chi connectivity index (χ2n) is 15.4. The maximum Gasteiger partial charge on any atom is 0.229 e. The van der Waals surface area contributed by atoms with Crippen molar-refractivity contribution in [1.82, 2.24) is 14.9 Å². The van der Waals surface area contributed by atoms with E-state index in [0.717, 1.165) is 82.5 Å². The molecule has 10 heteroatoms. The number of hydrogen-bond acceptors (Lipinski definition) is 10. The number of Topliss-reactive ketones (excluding diaryl/α,β-unsaturated/α-hetero) is 1. The van der Waals surface area contributed by atoms with Crippen molar-refractivity contribution >= 4 is 29.2 Å². The Labute approximate surface area is 281 Å². The molecule has 0 amide bonds. The molecule has 1 aromatic heterocycles. The molecule has 3 saturated carbocycles. The summed E-state index contributed by atoms with van der Waals surface area (Å²) in [6, 6.07) is 2.10. The lowest BCUT2D eigenvalue weighted by molar-refractivity contribution is -0.181. The number of carbonyl (C=O) groups excluding carboxylic acids is 2. The van der Waals surface area contributed by atoms with Crippen LogP contribution in [0.5, 0.6) is 0 Å². The van der Waals surface area contributed by atoms with Crippen LogP contribution in [0, 0.1) is 28.6 Å². The summed E-state index contributed by atoms with van der Waals surface area (Å²) in [6.45, 7) is 19.5. The van der Waals surface area contributed by atoms with Gasteiger partial charge in [0.1, 0.15) is 17.2 Å². The quantitative estimate of drug-likeness (QED) is 0.384. The van der Waals surface area contributed by atoms with Gasteiger partial charge in [-0.1, -0.05) is 19.4 Å². The molecule has 1 aromatic rings. The molecule has 5 aliphatic rings. The fourth-order valence-electron chi connectivity index (χ4n) is 10.5. The molecule has 1 saturated heterocycles. The normalized spacial score (nSPS) is 35.5. The van der Waals surface area contributed by atoms with Crippen molar-refractivity contribution in [3.8, 4) is 0 Å². The first-order valence-electron chi connectivity index (χ1n) is 18.5. The minimum atomic E-state index is -1.44. The Balaban J connectivity index is 1.14. The Morgan fingerprint density at radius 1 is 0.957 bits per heavy atom. The predicted molar refractivity (Wildman–Crippen MR) is 186 cm³/mol. The molecule has 0 aromatic carbocycles. The van der Waals surface area contributed by atoms with Crippen LogP contribution in [-0.4, -0.2) is 107 Å². The van der Waals surface area contributed by atoms with Gasteiger partial charge in [-0.15, -0.1) is 0 Å². The number of hydrogen-bond donors (Lipinski definition) is 2. The first-order chi connectivity index (χ1) is 22.4. The van der Waals surface area contributed by atoms with E-state index in [2.05, 4.69) is 67.2 Å². The lowest BCUT2D eigenvalue weighted by Gasteiger charge is -2.60. The Morgan fingerprint density at radius 3 is 2.30 bits per heavy atom. The van der Waals surface area contributed by atoms with E-state index >= 15 is 0 Å². The van der Waals surface area contributed by atoms with E-state index in [0.29, 0.717) is 32.4 Å². The average molecular weight is 651 g/mol. The Hall–Kier alpha value is -2.56. The molecule has 0 bridgehead atoms. The summed E-state index contributed by atoms with van der Waals surface area (Å²) < 4.78 is 0. The van der Waals surface area contributed by atoms with Crippen LogP contribution in [0.2, 0.25) is 0 Å². The lowest BCUT2D eigenvalue weighted by atomic mass is 9.45. The minimum Gasteiger partial charge on any atom is -0.393 e. The maximum absolute atomic E-state index is 14.1. The number of piperazine rings is 1. The summed E-state index contributed by atoms with van der Waals surface area (Å²) in [5.41, 5.74) is -1.07. The number of fused-ring (bicyclic) bond motifs is 5. The van der Waals surface area contributed by atoms with Crippen LogP contribution in [-0.2, 0) is 9.59 Å². The van der Waals surface area contributed by atoms with Crippen LogP contribution >= 0.6 is 0 Å². The molecule has 7 atom stereocenters. The van der Waals surface area contributed by atoms with Gasteiger partial charge in [-0.3, -0.25) is 14.5 Å². The minimum absolute atomic E-state index is 0.0745. The van der Waals surface area contributed by atoms with Crippen molar-refractivity contribution < 1.29 is 19.8 Å². The van der Waals surface area contributed by atoms with E-state index in [1.54, 1.807) is 0 Å². The zero-order valence-electron chi connectivity index (χ0n) is 29.7. The highest BCUT2D eigenvalue weighted by Gasteiger charge is 2.68. The molecule has 0 spiro atoms. The fraction of sp³-hybridized carbons (Fsp3) is 0.784. The SMILES string of the molecule is CCN(CC)c1cc(N2CCN(CC(=O)[C@@]3(O)CC[C@H]4[C@@H]5CCC6=CC(=O)CC[C@]6(C)[C@H]5C(O)C[C@@]43C)CC2)nc(N(CC)CC)n1. The number of nitrogens with zero attached hydrogens (tertiary/aromatic N) is 6. The molecule has 2 heterocycles. The fourth-order valence-corrected chi connectivity index (χ4v) is 10.5. The van der Waals surface area contributed by atoms with Gasteiger partial charge < -0.3 is 24.9 Å². The third kappa shape index (κ3) is 5.70.